The predicted molar refractivity (Wildman–Crippen MR) is 117 cm³/mol. The zero-order chi connectivity index (χ0) is 19.1. The fourth-order valence-electron chi connectivity index (χ4n) is 2.74. The van der Waals surface area contributed by atoms with Gasteiger partial charge in [0.25, 0.3) is 0 Å². The molecule has 24 heavy (non-hydrogen) atoms. The van der Waals surface area contributed by atoms with Crippen molar-refractivity contribution in [1.82, 2.24) is 0 Å². The van der Waals surface area contributed by atoms with E-state index in [4.69, 9.17) is 12.3 Å². The van der Waals surface area contributed by atoms with Crippen molar-refractivity contribution in [2.45, 2.75) is 110 Å². The van der Waals surface area contributed by atoms with Crippen LogP contribution >= 0.6 is 0 Å². The highest BCUT2D eigenvalue weighted by Gasteiger charge is 2.49. The molecule has 0 amide bonds. The summed E-state index contributed by atoms with van der Waals surface area (Å²) >= 11 is 0. The molecule has 0 spiro atoms. The Morgan fingerprint density at radius 3 is 1.17 bits per heavy atom. The van der Waals surface area contributed by atoms with Gasteiger partial charge in [0.05, 0.1) is 0 Å². The summed E-state index contributed by atoms with van der Waals surface area (Å²) < 4.78 is 20.1. The Hall–Kier alpha value is 0.748. The second kappa shape index (κ2) is 10.2. The highest BCUT2D eigenvalue weighted by molar-refractivity contribution is 6.90. The van der Waals surface area contributed by atoms with Crippen molar-refractivity contribution in [2.75, 3.05) is 0 Å². The van der Waals surface area contributed by atoms with Crippen LogP contribution in [-0.2, 0) is 12.3 Å². The summed E-state index contributed by atoms with van der Waals surface area (Å²) in [6, 6.07) is 0.998. The lowest BCUT2D eigenvalue weighted by Gasteiger charge is -2.43. The standard InChI is InChI=1S/C17H44O3Si4/c1-11-12-13-14-15-16-17-24(18-21(2,3)4,19-22(5,6)7)20-23(8,9)10/h11-17H2,1-10H3. The summed E-state index contributed by atoms with van der Waals surface area (Å²) in [7, 11) is -7.74. The molecule has 0 heterocycles. The summed E-state index contributed by atoms with van der Waals surface area (Å²) in [6.07, 6.45) is 7.78. The van der Waals surface area contributed by atoms with Crippen LogP contribution in [-0.4, -0.2) is 33.8 Å². The zero-order valence-electron chi connectivity index (χ0n) is 18.2. The van der Waals surface area contributed by atoms with Gasteiger partial charge < -0.3 is 12.3 Å². The molecule has 0 fully saturated rings. The lowest BCUT2D eigenvalue weighted by molar-refractivity contribution is 0.250. The number of hydrogen-bond acceptors (Lipinski definition) is 3. The van der Waals surface area contributed by atoms with Gasteiger partial charge in [0, 0.05) is 6.04 Å². The minimum Gasteiger partial charge on any atom is -0.417 e. The molecule has 0 atom stereocenters. The van der Waals surface area contributed by atoms with Crippen LogP contribution < -0.4 is 0 Å². The van der Waals surface area contributed by atoms with Crippen LogP contribution in [0.1, 0.15) is 45.4 Å². The van der Waals surface area contributed by atoms with Gasteiger partial charge in [-0.25, -0.2) is 0 Å². The lowest BCUT2D eigenvalue weighted by Crippen LogP contribution is -2.60. The van der Waals surface area contributed by atoms with Gasteiger partial charge in [0.1, 0.15) is 0 Å². The third-order valence-electron chi connectivity index (χ3n) is 3.22. The van der Waals surface area contributed by atoms with Crippen LogP contribution in [0, 0.1) is 0 Å². The smallest absolute Gasteiger partial charge is 0.417 e. The zero-order valence-corrected chi connectivity index (χ0v) is 22.2. The second-order valence-corrected chi connectivity index (χ2v) is 26.8. The van der Waals surface area contributed by atoms with Crippen molar-refractivity contribution in [3.05, 3.63) is 0 Å². The summed E-state index contributed by atoms with van der Waals surface area (Å²) in [6.45, 7) is 22.6. The van der Waals surface area contributed by atoms with E-state index in [1.165, 1.54) is 38.5 Å². The average Bonchev–Trinajstić information content (AvgIpc) is 2.26. The Labute approximate surface area is 156 Å². The minimum absolute atomic E-state index is 0.998. The molecule has 0 aliphatic carbocycles. The molecule has 0 N–H and O–H groups in total. The molecule has 0 radical (unpaired) electrons. The van der Waals surface area contributed by atoms with Gasteiger partial charge in [-0.1, -0.05) is 39.0 Å². The summed E-state index contributed by atoms with van der Waals surface area (Å²) in [4.78, 5) is 0. The normalized spacial score (nSPS) is 14.2. The van der Waals surface area contributed by atoms with E-state index in [1.807, 2.05) is 0 Å². The van der Waals surface area contributed by atoms with Crippen LogP contribution in [0.15, 0.2) is 0 Å². The highest BCUT2D eigenvalue weighted by atomic mass is 28.5. The summed E-state index contributed by atoms with van der Waals surface area (Å²) in [5.74, 6) is 0. The Morgan fingerprint density at radius 1 is 0.500 bits per heavy atom. The Kier molecular flexibility index (Phi) is 10.5. The minimum atomic E-state index is -2.59. The average molecular weight is 409 g/mol. The van der Waals surface area contributed by atoms with Crippen LogP contribution in [0.3, 0.4) is 0 Å². The van der Waals surface area contributed by atoms with Crippen molar-refractivity contribution in [2.24, 2.45) is 0 Å². The molecule has 0 aliphatic rings. The molecule has 0 aromatic carbocycles. The van der Waals surface area contributed by atoms with E-state index in [0.29, 0.717) is 0 Å². The number of unbranched alkanes of at least 4 members (excludes halogenated alkanes) is 5. The molecule has 0 aromatic rings. The third kappa shape index (κ3) is 14.0. The van der Waals surface area contributed by atoms with E-state index in [0.717, 1.165) is 6.04 Å². The maximum Gasteiger partial charge on any atom is 0.469 e. The Bertz CT molecular complexity index is 302. The monoisotopic (exact) mass is 408 g/mol. The van der Waals surface area contributed by atoms with Crippen molar-refractivity contribution >= 4 is 33.8 Å². The van der Waals surface area contributed by atoms with Crippen LogP contribution in [0.2, 0.25) is 65.0 Å². The maximum absolute atomic E-state index is 6.71. The molecule has 0 aromatic heterocycles. The largest absolute Gasteiger partial charge is 0.469 e. The first kappa shape index (κ1) is 24.7. The van der Waals surface area contributed by atoms with E-state index < -0.39 is 33.8 Å². The van der Waals surface area contributed by atoms with Crippen molar-refractivity contribution < 1.29 is 12.3 Å². The van der Waals surface area contributed by atoms with E-state index >= 15 is 0 Å². The summed E-state index contributed by atoms with van der Waals surface area (Å²) in [5.41, 5.74) is 0. The van der Waals surface area contributed by atoms with Gasteiger partial charge in [-0.2, -0.15) is 0 Å². The van der Waals surface area contributed by atoms with E-state index in [1.54, 1.807) is 0 Å². The van der Waals surface area contributed by atoms with Crippen molar-refractivity contribution in [1.29, 1.82) is 0 Å². The molecule has 0 saturated carbocycles. The Balaban J connectivity index is 5.10. The SMILES string of the molecule is CCCCCCCC[Si](O[Si](C)(C)C)(O[Si](C)(C)C)O[Si](C)(C)C. The molecule has 0 aliphatic heterocycles. The van der Waals surface area contributed by atoms with Gasteiger partial charge >= 0.3 is 8.80 Å². The lowest BCUT2D eigenvalue weighted by atomic mass is 10.1. The predicted octanol–water partition coefficient (Wildman–Crippen LogP) is 6.84. The van der Waals surface area contributed by atoms with Gasteiger partial charge in [0.15, 0.2) is 25.0 Å². The van der Waals surface area contributed by atoms with E-state index in [9.17, 15) is 0 Å². The van der Waals surface area contributed by atoms with Crippen LogP contribution in [0.25, 0.3) is 0 Å². The molecule has 146 valence electrons. The molecule has 0 rings (SSSR count). The quantitative estimate of drug-likeness (QED) is 0.246. The Morgan fingerprint density at radius 2 is 0.833 bits per heavy atom. The highest BCUT2D eigenvalue weighted by Crippen LogP contribution is 2.30. The molecule has 7 heteroatoms. The summed E-state index contributed by atoms with van der Waals surface area (Å²) in [5, 5.41) is 0. The van der Waals surface area contributed by atoms with Crippen molar-refractivity contribution in [3.8, 4) is 0 Å². The molecule has 3 nitrogen and oxygen atoms in total. The van der Waals surface area contributed by atoms with Crippen molar-refractivity contribution in [3.63, 3.8) is 0 Å². The maximum atomic E-state index is 6.71. The fourth-order valence-corrected chi connectivity index (χ4v) is 17.5. The molecule has 0 unspecified atom stereocenters. The third-order valence-corrected chi connectivity index (χ3v) is 15.3. The van der Waals surface area contributed by atoms with Crippen LogP contribution in [0.4, 0.5) is 0 Å². The second-order valence-electron chi connectivity index (χ2n) is 9.84. The molecular formula is C17H44O3Si4. The van der Waals surface area contributed by atoms with Gasteiger partial charge in [0.2, 0.25) is 0 Å². The molecular weight excluding hydrogens is 365 g/mol. The van der Waals surface area contributed by atoms with E-state index in [2.05, 4.69) is 65.8 Å². The number of rotatable bonds is 13. The van der Waals surface area contributed by atoms with Gasteiger partial charge in [-0.05, 0) is 65.3 Å². The first-order valence-corrected chi connectivity index (χ1v) is 21.9. The molecule has 0 saturated heterocycles. The van der Waals surface area contributed by atoms with Gasteiger partial charge in [-0.15, -0.1) is 0 Å². The van der Waals surface area contributed by atoms with Crippen LogP contribution in [0.5, 0.6) is 0 Å². The first-order chi connectivity index (χ1) is 10.7. The molecule has 0 bridgehead atoms. The topological polar surface area (TPSA) is 27.7 Å². The first-order valence-electron chi connectivity index (χ1n) is 9.79. The van der Waals surface area contributed by atoms with Gasteiger partial charge in [-0.3, -0.25) is 0 Å². The number of hydrogen-bond donors (Lipinski definition) is 0. The fraction of sp³-hybridized carbons (Fsp3) is 1.00. The van der Waals surface area contributed by atoms with E-state index in [-0.39, 0.29) is 0 Å².